The van der Waals surface area contributed by atoms with Gasteiger partial charge in [0.05, 0.1) is 0 Å². The molecule has 0 amide bonds. The fourth-order valence-corrected chi connectivity index (χ4v) is 2.67. The average Bonchev–Trinajstić information content (AvgIpc) is 3.03. The fraction of sp³-hybridized carbons (Fsp3) is 0.467. The van der Waals surface area contributed by atoms with Crippen LogP contribution in [0.5, 0.6) is 0 Å². The number of likely N-dealkylation sites (tertiary alicyclic amines) is 1. The average molecular weight is 272 g/mol. The molecule has 1 aliphatic rings. The predicted molar refractivity (Wildman–Crippen MR) is 78.5 cm³/mol. The molecule has 20 heavy (non-hydrogen) atoms. The summed E-state index contributed by atoms with van der Waals surface area (Å²) < 4.78 is 5.24. The zero-order valence-corrected chi connectivity index (χ0v) is 11.7. The highest BCUT2D eigenvalue weighted by molar-refractivity contribution is 5.61. The Morgan fingerprint density at radius 2 is 2.20 bits per heavy atom. The summed E-state index contributed by atoms with van der Waals surface area (Å²) in [4.78, 5) is 2.49. The monoisotopic (exact) mass is 272 g/mol. The number of hydrogen-bond donors (Lipinski definition) is 1. The summed E-state index contributed by atoms with van der Waals surface area (Å²) in [6.07, 6.45) is 3.74. The summed E-state index contributed by atoms with van der Waals surface area (Å²) in [7, 11) is 0. The molecule has 1 saturated heterocycles. The molecule has 0 aliphatic carbocycles. The highest BCUT2D eigenvalue weighted by atomic mass is 16.4. The van der Waals surface area contributed by atoms with Gasteiger partial charge in [0.1, 0.15) is 0 Å². The zero-order valence-electron chi connectivity index (χ0n) is 11.7. The highest BCUT2D eigenvalue weighted by Crippen LogP contribution is 2.22. The van der Waals surface area contributed by atoms with Gasteiger partial charge in [0.25, 0.3) is 0 Å². The second kappa shape index (κ2) is 6.05. The SMILES string of the molecule is CCN1CCC(Nc2cccc(-c3nnco3)c2)CC1. The summed E-state index contributed by atoms with van der Waals surface area (Å²) in [5.41, 5.74) is 2.08. The van der Waals surface area contributed by atoms with E-state index in [2.05, 4.69) is 39.5 Å². The zero-order chi connectivity index (χ0) is 13.8. The van der Waals surface area contributed by atoms with Gasteiger partial charge in [-0.3, -0.25) is 0 Å². The van der Waals surface area contributed by atoms with Crippen LogP contribution in [0.1, 0.15) is 19.8 Å². The molecule has 0 saturated carbocycles. The minimum Gasteiger partial charge on any atom is -0.423 e. The maximum atomic E-state index is 5.24. The smallest absolute Gasteiger partial charge is 0.247 e. The lowest BCUT2D eigenvalue weighted by Crippen LogP contribution is -2.38. The molecule has 1 aromatic heterocycles. The Kier molecular flexibility index (Phi) is 3.97. The van der Waals surface area contributed by atoms with E-state index in [1.165, 1.54) is 32.3 Å². The largest absolute Gasteiger partial charge is 0.423 e. The van der Waals surface area contributed by atoms with Gasteiger partial charge in [-0.2, -0.15) is 0 Å². The molecular weight excluding hydrogens is 252 g/mol. The van der Waals surface area contributed by atoms with E-state index in [1.807, 2.05) is 12.1 Å². The van der Waals surface area contributed by atoms with Crippen molar-refractivity contribution in [2.24, 2.45) is 0 Å². The van der Waals surface area contributed by atoms with Crippen LogP contribution in [-0.2, 0) is 0 Å². The second-order valence-electron chi connectivity index (χ2n) is 5.18. The number of anilines is 1. The van der Waals surface area contributed by atoms with Crippen molar-refractivity contribution in [2.45, 2.75) is 25.8 Å². The van der Waals surface area contributed by atoms with Gasteiger partial charge in [-0.1, -0.05) is 13.0 Å². The van der Waals surface area contributed by atoms with Crippen molar-refractivity contribution in [2.75, 3.05) is 25.0 Å². The van der Waals surface area contributed by atoms with Gasteiger partial charge in [0.15, 0.2) is 0 Å². The molecule has 2 aromatic rings. The van der Waals surface area contributed by atoms with E-state index in [9.17, 15) is 0 Å². The molecule has 1 fully saturated rings. The Hall–Kier alpha value is -1.88. The first-order chi connectivity index (χ1) is 9.85. The Balaban J connectivity index is 1.65. The molecule has 0 spiro atoms. The minimum atomic E-state index is 0.552. The number of nitrogens with zero attached hydrogens (tertiary/aromatic N) is 3. The normalized spacial score (nSPS) is 17.2. The van der Waals surface area contributed by atoms with E-state index in [4.69, 9.17) is 4.42 Å². The van der Waals surface area contributed by atoms with Crippen molar-refractivity contribution >= 4 is 5.69 Å². The van der Waals surface area contributed by atoms with Crippen molar-refractivity contribution in [3.8, 4) is 11.5 Å². The van der Waals surface area contributed by atoms with Crippen LogP contribution in [-0.4, -0.2) is 40.8 Å². The molecule has 2 heterocycles. The quantitative estimate of drug-likeness (QED) is 0.927. The molecule has 1 aliphatic heterocycles. The molecule has 1 aromatic carbocycles. The lowest BCUT2D eigenvalue weighted by atomic mass is 10.0. The molecule has 3 rings (SSSR count). The Labute approximate surface area is 119 Å². The molecular formula is C15H20N4O. The van der Waals surface area contributed by atoms with Crippen molar-refractivity contribution in [1.82, 2.24) is 15.1 Å². The number of piperidine rings is 1. The van der Waals surface area contributed by atoms with Crippen LogP contribution in [0.3, 0.4) is 0 Å². The summed E-state index contributed by atoms with van der Waals surface area (Å²) >= 11 is 0. The van der Waals surface area contributed by atoms with Gasteiger partial charge >= 0.3 is 0 Å². The Morgan fingerprint density at radius 1 is 1.35 bits per heavy atom. The molecule has 1 N–H and O–H groups in total. The van der Waals surface area contributed by atoms with E-state index in [0.717, 1.165) is 17.8 Å². The maximum Gasteiger partial charge on any atom is 0.247 e. The van der Waals surface area contributed by atoms with E-state index < -0.39 is 0 Å². The number of aromatic nitrogens is 2. The first-order valence-corrected chi connectivity index (χ1v) is 7.20. The van der Waals surface area contributed by atoms with Gasteiger partial charge in [-0.15, -0.1) is 10.2 Å². The first kappa shape index (κ1) is 13.1. The highest BCUT2D eigenvalue weighted by Gasteiger charge is 2.17. The third-order valence-corrected chi connectivity index (χ3v) is 3.88. The third-order valence-electron chi connectivity index (χ3n) is 3.88. The topological polar surface area (TPSA) is 54.2 Å². The number of hydrogen-bond acceptors (Lipinski definition) is 5. The van der Waals surface area contributed by atoms with Gasteiger partial charge in [-0.25, -0.2) is 0 Å². The van der Waals surface area contributed by atoms with Crippen LogP contribution in [0.2, 0.25) is 0 Å². The van der Waals surface area contributed by atoms with E-state index in [-0.39, 0.29) is 0 Å². The van der Waals surface area contributed by atoms with Crippen molar-refractivity contribution in [3.05, 3.63) is 30.7 Å². The summed E-state index contributed by atoms with van der Waals surface area (Å²) in [6, 6.07) is 8.71. The standard InChI is InChI=1S/C15H20N4O/c1-2-19-8-6-13(7-9-19)17-14-5-3-4-12(10-14)15-18-16-11-20-15/h3-5,10-11,13,17H,2,6-9H2,1H3. The van der Waals surface area contributed by atoms with Crippen LogP contribution in [0, 0.1) is 0 Å². The van der Waals surface area contributed by atoms with Crippen molar-refractivity contribution in [3.63, 3.8) is 0 Å². The van der Waals surface area contributed by atoms with Crippen LogP contribution in [0.15, 0.2) is 35.1 Å². The first-order valence-electron chi connectivity index (χ1n) is 7.20. The van der Waals surface area contributed by atoms with E-state index in [1.54, 1.807) is 0 Å². The predicted octanol–water partition coefficient (Wildman–Crippen LogP) is 2.63. The van der Waals surface area contributed by atoms with Crippen LogP contribution in [0.4, 0.5) is 5.69 Å². The fourth-order valence-electron chi connectivity index (χ4n) is 2.67. The Morgan fingerprint density at radius 3 is 2.90 bits per heavy atom. The van der Waals surface area contributed by atoms with Crippen LogP contribution in [0.25, 0.3) is 11.5 Å². The Bertz CT molecular complexity index is 533. The number of nitrogens with one attached hydrogen (secondary N) is 1. The molecule has 0 bridgehead atoms. The maximum absolute atomic E-state index is 5.24. The summed E-state index contributed by atoms with van der Waals surface area (Å²) in [5, 5.41) is 11.3. The van der Waals surface area contributed by atoms with Gasteiger partial charge < -0.3 is 14.6 Å². The van der Waals surface area contributed by atoms with Gasteiger partial charge in [0, 0.05) is 30.4 Å². The molecule has 5 nitrogen and oxygen atoms in total. The molecule has 106 valence electrons. The van der Waals surface area contributed by atoms with E-state index in [0.29, 0.717) is 11.9 Å². The molecule has 0 radical (unpaired) electrons. The molecule has 0 atom stereocenters. The van der Waals surface area contributed by atoms with Crippen LogP contribution >= 0.6 is 0 Å². The number of benzene rings is 1. The van der Waals surface area contributed by atoms with Crippen molar-refractivity contribution in [1.29, 1.82) is 0 Å². The third kappa shape index (κ3) is 2.99. The second-order valence-corrected chi connectivity index (χ2v) is 5.18. The van der Waals surface area contributed by atoms with Gasteiger partial charge in [-0.05, 0) is 37.6 Å². The van der Waals surface area contributed by atoms with E-state index >= 15 is 0 Å². The summed E-state index contributed by atoms with van der Waals surface area (Å²) in [6.45, 7) is 5.73. The number of rotatable bonds is 4. The molecule has 5 heteroatoms. The van der Waals surface area contributed by atoms with Crippen molar-refractivity contribution < 1.29 is 4.42 Å². The summed E-state index contributed by atoms with van der Waals surface area (Å²) in [5.74, 6) is 0.564. The minimum absolute atomic E-state index is 0.552. The van der Waals surface area contributed by atoms with Crippen LogP contribution < -0.4 is 5.32 Å². The lowest BCUT2D eigenvalue weighted by molar-refractivity contribution is 0.229. The van der Waals surface area contributed by atoms with Gasteiger partial charge in [0.2, 0.25) is 12.3 Å². The lowest BCUT2D eigenvalue weighted by Gasteiger charge is -2.32. The molecule has 0 unspecified atom stereocenters.